The summed E-state index contributed by atoms with van der Waals surface area (Å²) in [7, 11) is 0. The molecule has 7 nitrogen and oxygen atoms in total. The molecule has 0 saturated heterocycles. The Hall–Kier alpha value is -3.74. The van der Waals surface area contributed by atoms with E-state index in [0.717, 1.165) is 10.3 Å². The van der Waals surface area contributed by atoms with Crippen molar-refractivity contribution in [2.75, 3.05) is 6.61 Å². The van der Waals surface area contributed by atoms with Crippen molar-refractivity contribution in [1.29, 1.82) is 0 Å². The van der Waals surface area contributed by atoms with E-state index in [1.807, 2.05) is 26.0 Å². The molecule has 0 unspecified atom stereocenters. The zero-order valence-corrected chi connectivity index (χ0v) is 17.2. The van der Waals surface area contributed by atoms with Gasteiger partial charge in [0.1, 0.15) is 11.6 Å². The van der Waals surface area contributed by atoms with E-state index in [1.54, 1.807) is 42.5 Å². The molecule has 3 aromatic rings. The first-order valence-corrected chi connectivity index (χ1v) is 10.0. The molecule has 4 rings (SSSR count). The number of nitrogens with zero attached hydrogens (tertiary/aromatic N) is 1. The quantitative estimate of drug-likeness (QED) is 0.328. The highest BCUT2D eigenvalue weighted by molar-refractivity contribution is 6.22. The minimum Gasteiger partial charge on any atom is -0.456 e. The fourth-order valence-corrected chi connectivity index (χ4v) is 3.67. The minimum atomic E-state index is -1.11. The molecule has 1 atom stereocenters. The molecule has 0 fully saturated rings. The summed E-state index contributed by atoms with van der Waals surface area (Å²) in [5, 5.41) is 0.765. The third-order valence-electron chi connectivity index (χ3n) is 5.15. The van der Waals surface area contributed by atoms with Crippen LogP contribution in [0.1, 0.15) is 51.5 Å². The van der Waals surface area contributed by atoms with Crippen molar-refractivity contribution in [2.45, 2.75) is 26.3 Å². The molecule has 1 aliphatic heterocycles. The minimum absolute atomic E-state index is 0.00735. The van der Waals surface area contributed by atoms with Crippen LogP contribution in [0, 0.1) is 5.92 Å². The number of fused-ring (bicyclic) bond motifs is 2. The lowest BCUT2D eigenvalue weighted by molar-refractivity contribution is -0.147. The number of rotatable bonds is 7. The Morgan fingerprint density at radius 3 is 2.19 bits per heavy atom. The molecule has 2 aromatic carbocycles. The Bertz CT molecular complexity index is 1120. The van der Waals surface area contributed by atoms with Gasteiger partial charge in [-0.05, 0) is 36.6 Å². The number of Topliss-reactive ketones (excluding diaryl/α,β-unsaturated/α-hetero) is 1. The maximum absolute atomic E-state index is 12.9. The van der Waals surface area contributed by atoms with Gasteiger partial charge in [-0.1, -0.05) is 44.2 Å². The van der Waals surface area contributed by atoms with Gasteiger partial charge in [-0.15, -0.1) is 0 Å². The van der Waals surface area contributed by atoms with Crippen LogP contribution >= 0.6 is 0 Å². The number of para-hydroxylation sites is 1. The number of carbonyl (C=O) groups is 4. The van der Waals surface area contributed by atoms with Crippen molar-refractivity contribution in [3.8, 4) is 0 Å². The molecule has 0 aliphatic carbocycles. The molecule has 0 bridgehead atoms. The van der Waals surface area contributed by atoms with Crippen molar-refractivity contribution in [3.63, 3.8) is 0 Å². The van der Waals surface area contributed by atoms with Gasteiger partial charge in [-0.25, -0.2) is 4.79 Å². The highest BCUT2D eigenvalue weighted by atomic mass is 16.5. The van der Waals surface area contributed by atoms with E-state index in [2.05, 4.69) is 0 Å². The SMILES string of the molecule is CC(C)C[C@@H](C(=O)OCC(=O)c1cc2ccccc2o1)N1C(=O)c2ccccc2C1=O. The Morgan fingerprint density at radius 1 is 0.968 bits per heavy atom. The zero-order chi connectivity index (χ0) is 22.1. The summed E-state index contributed by atoms with van der Waals surface area (Å²) in [4.78, 5) is 51.9. The molecule has 7 heteroatoms. The van der Waals surface area contributed by atoms with Gasteiger partial charge in [0, 0.05) is 5.39 Å². The van der Waals surface area contributed by atoms with Crippen LogP contribution in [0.3, 0.4) is 0 Å². The number of benzene rings is 2. The topological polar surface area (TPSA) is 93.9 Å². The van der Waals surface area contributed by atoms with Crippen LogP contribution < -0.4 is 0 Å². The van der Waals surface area contributed by atoms with Crippen LogP contribution in [0.25, 0.3) is 11.0 Å². The largest absolute Gasteiger partial charge is 0.456 e. The summed E-state index contributed by atoms with van der Waals surface area (Å²) in [6.07, 6.45) is 0.225. The Morgan fingerprint density at radius 2 is 1.58 bits per heavy atom. The molecule has 2 amide bonds. The number of ether oxygens (including phenoxy) is 1. The third kappa shape index (κ3) is 3.86. The van der Waals surface area contributed by atoms with Gasteiger partial charge in [-0.2, -0.15) is 0 Å². The maximum Gasteiger partial charge on any atom is 0.329 e. The molecule has 0 saturated carbocycles. The number of hydrogen-bond donors (Lipinski definition) is 0. The summed E-state index contributed by atoms with van der Waals surface area (Å²) in [5.74, 6) is -2.29. The lowest BCUT2D eigenvalue weighted by atomic mass is 10.0. The summed E-state index contributed by atoms with van der Waals surface area (Å²) >= 11 is 0. The second kappa shape index (κ2) is 8.18. The summed E-state index contributed by atoms with van der Waals surface area (Å²) in [6, 6.07) is 14.1. The summed E-state index contributed by atoms with van der Waals surface area (Å²) in [6.45, 7) is 3.20. The predicted molar refractivity (Wildman–Crippen MR) is 112 cm³/mol. The number of hydrogen-bond acceptors (Lipinski definition) is 6. The van der Waals surface area contributed by atoms with Crippen molar-refractivity contribution < 1.29 is 28.3 Å². The van der Waals surface area contributed by atoms with Gasteiger partial charge in [0.05, 0.1) is 11.1 Å². The lowest BCUT2D eigenvalue weighted by Gasteiger charge is -2.25. The average Bonchev–Trinajstić information content (AvgIpc) is 3.30. The van der Waals surface area contributed by atoms with E-state index in [1.165, 1.54) is 0 Å². The van der Waals surface area contributed by atoms with Gasteiger partial charge in [0.2, 0.25) is 5.78 Å². The smallest absolute Gasteiger partial charge is 0.329 e. The van der Waals surface area contributed by atoms with Crippen LogP contribution in [0.2, 0.25) is 0 Å². The predicted octanol–water partition coefficient (Wildman–Crippen LogP) is 3.87. The number of imide groups is 1. The fourth-order valence-electron chi connectivity index (χ4n) is 3.67. The van der Waals surface area contributed by atoms with E-state index < -0.39 is 36.2 Å². The van der Waals surface area contributed by atoms with Gasteiger partial charge < -0.3 is 9.15 Å². The molecular weight excluding hydrogens is 398 g/mol. The first-order valence-electron chi connectivity index (χ1n) is 10.0. The number of ketones is 1. The number of furan rings is 1. The van der Waals surface area contributed by atoms with E-state index in [4.69, 9.17) is 9.15 Å². The zero-order valence-electron chi connectivity index (χ0n) is 17.2. The Labute approximate surface area is 178 Å². The van der Waals surface area contributed by atoms with Crippen molar-refractivity contribution in [1.82, 2.24) is 4.90 Å². The molecule has 0 N–H and O–H groups in total. The van der Waals surface area contributed by atoms with Crippen LogP contribution in [-0.2, 0) is 9.53 Å². The normalized spacial score (nSPS) is 14.2. The molecule has 2 heterocycles. The van der Waals surface area contributed by atoms with Crippen molar-refractivity contribution >= 4 is 34.5 Å². The van der Waals surface area contributed by atoms with Crippen LogP contribution in [-0.4, -0.2) is 41.1 Å². The summed E-state index contributed by atoms with van der Waals surface area (Å²) < 4.78 is 10.7. The van der Waals surface area contributed by atoms with Crippen molar-refractivity contribution in [2.24, 2.45) is 5.92 Å². The molecule has 31 heavy (non-hydrogen) atoms. The Balaban J connectivity index is 1.50. The van der Waals surface area contributed by atoms with Gasteiger partial charge in [0.15, 0.2) is 12.4 Å². The fraction of sp³-hybridized carbons (Fsp3) is 0.250. The van der Waals surface area contributed by atoms with Crippen LogP contribution in [0.4, 0.5) is 0 Å². The maximum atomic E-state index is 12.9. The molecular formula is C24H21NO6. The van der Waals surface area contributed by atoms with Crippen molar-refractivity contribution in [3.05, 3.63) is 71.5 Å². The standard InChI is InChI=1S/C24H21NO6/c1-14(2)11-18(25-22(27)16-8-4-5-9-17(16)23(25)28)24(29)30-13-19(26)21-12-15-7-3-6-10-20(15)31-21/h3-10,12,14,18H,11,13H2,1-2H3/t18-/m0/s1. The average molecular weight is 419 g/mol. The molecule has 0 spiro atoms. The molecule has 1 aliphatic rings. The van der Waals surface area contributed by atoms with E-state index in [0.29, 0.717) is 5.58 Å². The van der Waals surface area contributed by atoms with Crippen LogP contribution in [0.15, 0.2) is 59.0 Å². The third-order valence-corrected chi connectivity index (χ3v) is 5.15. The van der Waals surface area contributed by atoms with E-state index in [9.17, 15) is 19.2 Å². The molecule has 158 valence electrons. The first kappa shape index (κ1) is 20.5. The molecule has 0 radical (unpaired) electrons. The summed E-state index contributed by atoms with van der Waals surface area (Å²) in [5.41, 5.74) is 1.07. The first-order chi connectivity index (χ1) is 14.9. The van der Waals surface area contributed by atoms with Crippen LogP contribution in [0.5, 0.6) is 0 Å². The second-order valence-corrected chi connectivity index (χ2v) is 7.85. The second-order valence-electron chi connectivity index (χ2n) is 7.85. The Kier molecular flexibility index (Phi) is 5.42. The van der Waals surface area contributed by atoms with Gasteiger partial charge >= 0.3 is 5.97 Å². The lowest BCUT2D eigenvalue weighted by Crippen LogP contribution is -2.46. The molecule has 1 aromatic heterocycles. The number of carbonyl (C=O) groups excluding carboxylic acids is 4. The highest BCUT2D eigenvalue weighted by Gasteiger charge is 2.43. The monoisotopic (exact) mass is 419 g/mol. The van der Waals surface area contributed by atoms with Gasteiger partial charge in [-0.3, -0.25) is 19.3 Å². The number of esters is 1. The highest BCUT2D eigenvalue weighted by Crippen LogP contribution is 2.27. The van der Waals surface area contributed by atoms with Gasteiger partial charge in [0.25, 0.3) is 11.8 Å². The van der Waals surface area contributed by atoms with E-state index >= 15 is 0 Å². The van der Waals surface area contributed by atoms with E-state index in [-0.39, 0.29) is 29.2 Å². The number of amides is 2.